The van der Waals surface area contributed by atoms with Crippen LogP contribution in [0, 0.1) is 13.8 Å². The quantitative estimate of drug-likeness (QED) is 0.607. The summed E-state index contributed by atoms with van der Waals surface area (Å²) in [4.78, 5) is 14.9. The Hall–Kier alpha value is -1.67. The predicted octanol–water partition coefficient (Wildman–Crippen LogP) is 3.42. The Balaban J connectivity index is 1.34. The van der Waals surface area contributed by atoms with Crippen LogP contribution < -0.4 is 0 Å². The second-order valence-corrected chi connectivity index (χ2v) is 10.8. The molecule has 8 heteroatoms. The number of carbonyl (C=O) groups excluding carboxylic acids is 1. The van der Waals surface area contributed by atoms with Crippen LogP contribution in [0.3, 0.4) is 0 Å². The fourth-order valence-corrected chi connectivity index (χ4v) is 5.93. The van der Waals surface area contributed by atoms with Gasteiger partial charge in [-0.15, -0.1) is 0 Å². The molecule has 1 aromatic carbocycles. The molecule has 1 aliphatic carbocycles. The Morgan fingerprint density at radius 2 is 1.70 bits per heavy atom. The molecular weight excluding hydrogens is 422 g/mol. The van der Waals surface area contributed by atoms with E-state index in [0.29, 0.717) is 43.8 Å². The van der Waals surface area contributed by atoms with Gasteiger partial charge in [-0.25, -0.2) is 8.42 Å². The average Bonchev–Trinajstić information content (AvgIpc) is 3.48. The van der Waals surface area contributed by atoms with Crippen molar-refractivity contribution >= 4 is 27.4 Å². The summed E-state index contributed by atoms with van der Waals surface area (Å²) in [5.74, 6) is 0.0865. The summed E-state index contributed by atoms with van der Waals surface area (Å²) in [5.41, 5.74) is 3.74. The number of carbonyl (C=O) groups is 1. The second kappa shape index (κ2) is 8.46. The molecule has 1 saturated carbocycles. The molecule has 4 rings (SSSR count). The number of aromatic nitrogens is 1. The average molecular weight is 450 g/mol. The largest absolute Gasteiger partial charge is 0.345 e. The van der Waals surface area contributed by atoms with Gasteiger partial charge in [0.15, 0.2) is 5.78 Å². The first kappa shape index (κ1) is 21.6. The molecule has 2 aliphatic rings. The molecule has 2 heterocycles. The van der Waals surface area contributed by atoms with Crippen molar-refractivity contribution in [3.8, 4) is 0 Å². The number of ketones is 1. The molecule has 0 unspecified atom stereocenters. The zero-order valence-electron chi connectivity index (χ0n) is 17.5. The first-order chi connectivity index (χ1) is 14.2. The molecule has 2 aromatic rings. The van der Waals surface area contributed by atoms with Crippen molar-refractivity contribution in [3.05, 3.63) is 57.9 Å². The van der Waals surface area contributed by atoms with Gasteiger partial charge in [0.1, 0.15) is 0 Å². The highest BCUT2D eigenvalue weighted by molar-refractivity contribution is 7.88. The number of Topliss-reactive ketones (excluding diaryl/α,β-unsaturated/α-hetero) is 1. The van der Waals surface area contributed by atoms with Crippen LogP contribution in [-0.2, 0) is 15.8 Å². The lowest BCUT2D eigenvalue weighted by Gasteiger charge is -2.33. The number of aryl methyl sites for hydroxylation is 1. The van der Waals surface area contributed by atoms with E-state index in [1.807, 2.05) is 13.0 Å². The standard InChI is InChI=1S/C22H28ClN3O3S/c1-16-13-21(17(2)26(16)20-7-8-20)22(27)14-24-9-11-25(12-10-24)30(28,29)15-18-3-5-19(23)6-4-18/h3-6,13,20H,7-12,14-15H2,1-2H3. The molecule has 0 spiro atoms. The van der Waals surface area contributed by atoms with Gasteiger partial charge in [-0.2, -0.15) is 4.31 Å². The van der Waals surface area contributed by atoms with Crippen LogP contribution in [0.2, 0.25) is 5.02 Å². The number of nitrogens with zero attached hydrogens (tertiary/aromatic N) is 3. The van der Waals surface area contributed by atoms with E-state index in [1.54, 1.807) is 24.3 Å². The van der Waals surface area contributed by atoms with Gasteiger partial charge in [-0.3, -0.25) is 9.69 Å². The summed E-state index contributed by atoms with van der Waals surface area (Å²) in [6.45, 7) is 6.36. The first-order valence-corrected chi connectivity index (χ1v) is 12.4. The molecule has 0 radical (unpaired) electrons. The first-order valence-electron chi connectivity index (χ1n) is 10.4. The lowest BCUT2D eigenvalue weighted by atomic mass is 10.1. The van der Waals surface area contributed by atoms with E-state index in [4.69, 9.17) is 11.6 Å². The second-order valence-electron chi connectivity index (χ2n) is 8.37. The van der Waals surface area contributed by atoms with E-state index in [0.717, 1.165) is 22.5 Å². The van der Waals surface area contributed by atoms with E-state index in [-0.39, 0.29) is 11.5 Å². The fraction of sp³-hybridized carbons (Fsp3) is 0.500. The Labute approximate surface area is 183 Å². The predicted molar refractivity (Wildman–Crippen MR) is 119 cm³/mol. The minimum atomic E-state index is -3.39. The summed E-state index contributed by atoms with van der Waals surface area (Å²) in [6.07, 6.45) is 2.38. The van der Waals surface area contributed by atoms with E-state index in [9.17, 15) is 13.2 Å². The minimum absolute atomic E-state index is 0.0315. The van der Waals surface area contributed by atoms with E-state index in [2.05, 4.69) is 16.4 Å². The number of hydrogen-bond donors (Lipinski definition) is 0. The van der Waals surface area contributed by atoms with Crippen LogP contribution >= 0.6 is 11.6 Å². The number of sulfonamides is 1. The van der Waals surface area contributed by atoms with Crippen LogP contribution in [0.1, 0.15) is 46.2 Å². The summed E-state index contributed by atoms with van der Waals surface area (Å²) in [6, 6.07) is 9.45. The zero-order chi connectivity index (χ0) is 21.5. The van der Waals surface area contributed by atoms with Crippen molar-refractivity contribution < 1.29 is 13.2 Å². The van der Waals surface area contributed by atoms with Gasteiger partial charge in [0, 0.05) is 54.2 Å². The van der Waals surface area contributed by atoms with Gasteiger partial charge in [-0.05, 0) is 50.5 Å². The third-order valence-electron chi connectivity index (χ3n) is 6.05. The molecule has 1 aliphatic heterocycles. The van der Waals surface area contributed by atoms with E-state index >= 15 is 0 Å². The smallest absolute Gasteiger partial charge is 0.218 e. The maximum Gasteiger partial charge on any atom is 0.218 e. The van der Waals surface area contributed by atoms with Crippen LogP contribution in [0.5, 0.6) is 0 Å². The molecule has 6 nitrogen and oxygen atoms in total. The number of piperazine rings is 1. The Morgan fingerprint density at radius 3 is 2.30 bits per heavy atom. The lowest BCUT2D eigenvalue weighted by Crippen LogP contribution is -2.50. The number of benzene rings is 1. The molecule has 162 valence electrons. The zero-order valence-corrected chi connectivity index (χ0v) is 19.0. The maximum atomic E-state index is 12.9. The van der Waals surface area contributed by atoms with Crippen molar-refractivity contribution in [3.63, 3.8) is 0 Å². The topological polar surface area (TPSA) is 62.6 Å². The summed E-state index contributed by atoms with van der Waals surface area (Å²) >= 11 is 5.88. The molecule has 1 saturated heterocycles. The van der Waals surface area contributed by atoms with Crippen molar-refractivity contribution in [2.45, 2.75) is 38.5 Å². The maximum absolute atomic E-state index is 12.9. The van der Waals surface area contributed by atoms with E-state index < -0.39 is 10.0 Å². The van der Waals surface area contributed by atoms with Crippen molar-refractivity contribution in [2.75, 3.05) is 32.7 Å². The third kappa shape index (κ3) is 4.64. The summed E-state index contributed by atoms with van der Waals surface area (Å²) < 4.78 is 29.3. The molecule has 0 atom stereocenters. The van der Waals surface area contributed by atoms with Crippen molar-refractivity contribution in [2.24, 2.45) is 0 Å². The highest BCUT2D eigenvalue weighted by atomic mass is 35.5. The van der Waals surface area contributed by atoms with Crippen LogP contribution in [-0.4, -0.2) is 60.7 Å². The highest BCUT2D eigenvalue weighted by Gasteiger charge is 2.30. The number of rotatable bonds is 7. The molecule has 30 heavy (non-hydrogen) atoms. The Morgan fingerprint density at radius 1 is 1.07 bits per heavy atom. The number of halogens is 1. The minimum Gasteiger partial charge on any atom is -0.345 e. The van der Waals surface area contributed by atoms with Gasteiger partial charge in [0.05, 0.1) is 12.3 Å². The van der Waals surface area contributed by atoms with Crippen LogP contribution in [0.15, 0.2) is 30.3 Å². The van der Waals surface area contributed by atoms with Gasteiger partial charge in [-0.1, -0.05) is 23.7 Å². The molecular formula is C22H28ClN3O3S. The Kier molecular flexibility index (Phi) is 6.08. The summed E-state index contributed by atoms with van der Waals surface area (Å²) in [7, 11) is -3.39. The van der Waals surface area contributed by atoms with Crippen molar-refractivity contribution in [1.82, 2.24) is 13.8 Å². The number of hydrogen-bond acceptors (Lipinski definition) is 4. The van der Waals surface area contributed by atoms with Crippen LogP contribution in [0.25, 0.3) is 0 Å². The van der Waals surface area contributed by atoms with Gasteiger partial charge in [0.2, 0.25) is 10.0 Å². The monoisotopic (exact) mass is 449 g/mol. The molecule has 0 N–H and O–H groups in total. The molecule has 0 bridgehead atoms. The highest BCUT2D eigenvalue weighted by Crippen LogP contribution is 2.38. The van der Waals surface area contributed by atoms with Crippen LogP contribution in [0.4, 0.5) is 0 Å². The lowest BCUT2D eigenvalue weighted by molar-refractivity contribution is 0.0901. The molecule has 1 aromatic heterocycles. The molecule has 2 fully saturated rings. The SMILES string of the molecule is Cc1cc(C(=O)CN2CCN(S(=O)(=O)Cc3ccc(Cl)cc3)CC2)c(C)n1C1CC1. The van der Waals surface area contributed by atoms with Gasteiger partial charge < -0.3 is 4.57 Å². The Bertz CT molecular complexity index is 1030. The third-order valence-corrected chi connectivity index (χ3v) is 8.15. The fourth-order valence-electron chi connectivity index (χ4n) is 4.29. The van der Waals surface area contributed by atoms with Gasteiger partial charge >= 0.3 is 0 Å². The summed E-state index contributed by atoms with van der Waals surface area (Å²) in [5, 5.41) is 0.590. The van der Waals surface area contributed by atoms with E-state index in [1.165, 1.54) is 17.1 Å². The molecule has 0 amide bonds. The van der Waals surface area contributed by atoms with Gasteiger partial charge in [0.25, 0.3) is 0 Å². The van der Waals surface area contributed by atoms with Crippen molar-refractivity contribution in [1.29, 1.82) is 0 Å². The normalized spacial score (nSPS) is 18.6.